The Morgan fingerprint density at radius 3 is 2.74 bits per heavy atom. The average Bonchev–Trinajstić information content (AvgIpc) is 3.02. The van der Waals surface area contributed by atoms with Crippen LogP contribution >= 0.6 is 0 Å². The highest BCUT2D eigenvalue weighted by Gasteiger charge is 2.27. The van der Waals surface area contributed by atoms with Gasteiger partial charge in [0.15, 0.2) is 0 Å². The predicted molar refractivity (Wildman–Crippen MR) is 72.6 cm³/mol. The molecule has 0 spiro atoms. The topological polar surface area (TPSA) is 37.3 Å². The zero-order valence-corrected chi connectivity index (χ0v) is 11.2. The van der Waals surface area contributed by atoms with Crippen LogP contribution in [0, 0.1) is 0 Å². The molecular formula is C14H19N3O2. The van der Waals surface area contributed by atoms with E-state index in [0.29, 0.717) is 0 Å². The summed E-state index contributed by atoms with van der Waals surface area (Å²) < 4.78 is 5.67. The van der Waals surface area contributed by atoms with E-state index in [1.54, 1.807) is 0 Å². The number of hydrogen-bond acceptors (Lipinski definition) is 5. The summed E-state index contributed by atoms with van der Waals surface area (Å²) >= 11 is 0. The van der Waals surface area contributed by atoms with Gasteiger partial charge in [0.25, 0.3) is 0 Å². The van der Waals surface area contributed by atoms with Crippen LogP contribution in [-0.2, 0) is 4.84 Å². The molecule has 0 radical (unpaired) electrons. The Hall–Kier alpha value is -1.59. The van der Waals surface area contributed by atoms with Crippen LogP contribution in [0.5, 0.6) is 5.75 Å². The van der Waals surface area contributed by atoms with Crippen molar-refractivity contribution in [3.05, 3.63) is 30.3 Å². The molecular weight excluding hydrogens is 242 g/mol. The molecule has 1 atom stereocenters. The normalized spacial score (nSPS) is 23.7. The molecule has 0 amide bonds. The first-order valence-corrected chi connectivity index (χ1v) is 6.74. The first-order chi connectivity index (χ1) is 9.31. The summed E-state index contributed by atoms with van der Waals surface area (Å²) in [5.74, 6) is 1.64. The molecule has 1 saturated heterocycles. The van der Waals surface area contributed by atoms with Crippen molar-refractivity contribution in [1.82, 2.24) is 9.96 Å². The minimum Gasteiger partial charge on any atom is -0.444 e. The van der Waals surface area contributed by atoms with E-state index >= 15 is 0 Å². The van der Waals surface area contributed by atoms with E-state index in [9.17, 15) is 0 Å². The van der Waals surface area contributed by atoms with Crippen LogP contribution in [0.3, 0.4) is 0 Å². The van der Waals surface area contributed by atoms with Gasteiger partial charge in [-0.05, 0) is 45.0 Å². The highest BCUT2D eigenvalue weighted by molar-refractivity contribution is 5.79. The van der Waals surface area contributed by atoms with Gasteiger partial charge in [0.2, 0.25) is 0 Å². The number of amidine groups is 1. The maximum atomic E-state index is 5.71. The number of likely N-dealkylation sites (tertiary alicyclic amines) is 1. The van der Waals surface area contributed by atoms with Gasteiger partial charge < -0.3 is 4.74 Å². The largest absolute Gasteiger partial charge is 0.444 e. The maximum Gasteiger partial charge on any atom is 0.324 e. The Morgan fingerprint density at radius 1 is 1.26 bits per heavy atom. The first kappa shape index (κ1) is 12.4. The molecule has 0 saturated carbocycles. The lowest BCUT2D eigenvalue weighted by Crippen LogP contribution is -2.37. The minimum absolute atomic E-state index is 0.565. The predicted octanol–water partition coefficient (Wildman–Crippen LogP) is 2.07. The molecule has 5 heteroatoms. The van der Waals surface area contributed by atoms with Crippen LogP contribution in [0.2, 0.25) is 0 Å². The zero-order chi connectivity index (χ0) is 13.1. The summed E-state index contributed by atoms with van der Waals surface area (Å²) in [7, 11) is 0. The first-order valence-electron chi connectivity index (χ1n) is 6.74. The molecule has 0 aliphatic carbocycles. The van der Waals surface area contributed by atoms with Gasteiger partial charge in [-0.25, -0.2) is 9.90 Å². The number of para-hydroxylation sites is 1. The quantitative estimate of drug-likeness (QED) is 0.831. The van der Waals surface area contributed by atoms with Gasteiger partial charge in [-0.1, -0.05) is 18.2 Å². The molecule has 102 valence electrons. The number of aliphatic imine (C=N–C) groups is 1. The van der Waals surface area contributed by atoms with Crippen molar-refractivity contribution in [1.29, 1.82) is 0 Å². The van der Waals surface area contributed by atoms with Crippen LogP contribution in [-0.4, -0.2) is 42.0 Å². The van der Waals surface area contributed by atoms with Crippen molar-refractivity contribution in [2.75, 3.05) is 19.8 Å². The molecule has 2 aliphatic heterocycles. The highest BCUT2D eigenvalue weighted by Crippen LogP contribution is 2.19. The van der Waals surface area contributed by atoms with Crippen LogP contribution in [0.25, 0.3) is 0 Å². The van der Waals surface area contributed by atoms with E-state index < -0.39 is 6.41 Å². The molecule has 2 heterocycles. The average molecular weight is 261 g/mol. The molecule has 1 fully saturated rings. The maximum absolute atomic E-state index is 5.71. The monoisotopic (exact) mass is 261 g/mol. The Morgan fingerprint density at radius 2 is 2.00 bits per heavy atom. The Bertz CT molecular complexity index is 443. The van der Waals surface area contributed by atoms with E-state index in [1.165, 1.54) is 12.8 Å². The van der Waals surface area contributed by atoms with E-state index in [-0.39, 0.29) is 0 Å². The van der Waals surface area contributed by atoms with Crippen molar-refractivity contribution in [2.24, 2.45) is 4.99 Å². The zero-order valence-electron chi connectivity index (χ0n) is 11.2. The van der Waals surface area contributed by atoms with Gasteiger partial charge in [-0.15, -0.1) is 0 Å². The summed E-state index contributed by atoms with van der Waals surface area (Å²) in [6.45, 7) is 4.99. The second-order valence-electron chi connectivity index (χ2n) is 4.86. The number of rotatable bonds is 4. The van der Waals surface area contributed by atoms with Crippen molar-refractivity contribution in [3.63, 3.8) is 0 Å². The lowest BCUT2D eigenvalue weighted by Gasteiger charge is -2.24. The number of ether oxygens (including phenoxy) is 1. The molecule has 0 aromatic heterocycles. The van der Waals surface area contributed by atoms with Gasteiger partial charge in [0.1, 0.15) is 11.6 Å². The minimum atomic E-state index is -0.565. The fourth-order valence-electron chi connectivity index (χ4n) is 2.33. The van der Waals surface area contributed by atoms with Crippen LogP contribution < -0.4 is 4.74 Å². The van der Waals surface area contributed by atoms with E-state index in [4.69, 9.17) is 9.57 Å². The standard InChI is InChI=1S/C14H19N3O2/c1-12-15-14(18-13-7-3-2-4-8-13)19-17(12)11-16-9-5-6-10-16/h2-4,7-8,14H,5-6,9-11H2,1H3. The van der Waals surface area contributed by atoms with Crippen LogP contribution in [0.15, 0.2) is 35.3 Å². The molecule has 2 aliphatic rings. The highest BCUT2D eigenvalue weighted by atomic mass is 16.8. The van der Waals surface area contributed by atoms with Gasteiger partial charge in [0.05, 0.1) is 6.67 Å². The third kappa shape index (κ3) is 3.05. The van der Waals surface area contributed by atoms with Gasteiger partial charge in [-0.2, -0.15) is 4.99 Å². The molecule has 19 heavy (non-hydrogen) atoms. The van der Waals surface area contributed by atoms with E-state index in [1.807, 2.05) is 42.3 Å². The summed E-state index contributed by atoms with van der Waals surface area (Å²) in [5, 5.41) is 1.82. The molecule has 1 unspecified atom stereocenters. The van der Waals surface area contributed by atoms with Crippen LogP contribution in [0.1, 0.15) is 19.8 Å². The lowest BCUT2D eigenvalue weighted by atomic mass is 10.3. The summed E-state index contributed by atoms with van der Waals surface area (Å²) in [6.07, 6.45) is 1.98. The second kappa shape index (κ2) is 5.59. The molecule has 0 bridgehead atoms. The van der Waals surface area contributed by atoms with Gasteiger partial charge >= 0.3 is 6.41 Å². The third-order valence-corrected chi connectivity index (χ3v) is 3.38. The van der Waals surface area contributed by atoms with Crippen LogP contribution in [0.4, 0.5) is 0 Å². The fourth-order valence-corrected chi connectivity index (χ4v) is 2.33. The molecule has 1 aromatic carbocycles. The van der Waals surface area contributed by atoms with Crippen molar-refractivity contribution in [3.8, 4) is 5.75 Å². The Kier molecular flexibility index (Phi) is 3.66. The number of hydrogen-bond donors (Lipinski definition) is 0. The molecule has 3 rings (SSSR count). The second-order valence-corrected chi connectivity index (χ2v) is 4.86. The van der Waals surface area contributed by atoms with Gasteiger partial charge in [-0.3, -0.25) is 4.90 Å². The van der Waals surface area contributed by atoms with Crippen molar-refractivity contribution in [2.45, 2.75) is 26.2 Å². The Balaban J connectivity index is 1.55. The summed E-state index contributed by atoms with van der Waals surface area (Å²) in [4.78, 5) is 12.4. The Labute approximate surface area is 113 Å². The van der Waals surface area contributed by atoms with E-state index in [0.717, 1.165) is 31.3 Å². The fraction of sp³-hybridized carbons (Fsp3) is 0.500. The SMILES string of the molecule is CC1=NC(Oc2ccccc2)ON1CN1CCCC1. The van der Waals surface area contributed by atoms with E-state index in [2.05, 4.69) is 9.89 Å². The summed E-state index contributed by atoms with van der Waals surface area (Å²) in [5.41, 5.74) is 0. The third-order valence-electron chi connectivity index (χ3n) is 3.38. The number of benzene rings is 1. The number of hydroxylamine groups is 2. The summed E-state index contributed by atoms with van der Waals surface area (Å²) in [6, 6.07) is 9.62. The van der Waals surface area contributed by atoms with Crippen molar-refractivity contribution >= 4 is 5.84 Å². The molecule has 5 nitrogen and oxygen atoms in total. The smallest absolute Gasteiger partial charge is 0.324 e. The number of nitrogens with zero attached hydrogens (tertiary/aromatic N) is 3. The molecule has 1 aromatic rings. The van der Waals surface area contributed by atoms with Crippen molar-refractivity contribution < 1.29 is 9.57 Å². The molecule has 0 N–H and O–H groups in total. The lowest BCUT2D eigenvalue weighted by molar-refractivity contribution is -0.203. The van der Waals surface area contributed by atoms with Gasteiger partial charge in [0, 0.05) is 0 Å².